The van der Waals surface area contributed by atoms with Gasteiger partial charge in [-0.15, -0.1) is 0 Å². The van der Waals surface area contributed by atoms with Crippen LogP contribution in [0.4, 0.5) is 11.4 Å². The van der Waals surface area contributed by atoms with Gasteiger partial charge in [0.2, 0.25) is 0 Å². The number of hydrogen-bond acceptors (Lipinski definition) is 5. The van der Waals surface area contributed by atoms with Crippen LogP contribution in [0.5, 0.6) is 0 Å². The van der Waals surface area contributed by atoms with E-state index in [1.807, 2.05) is 60.7 Å². The summed E-state index contributed by atoms with van der Waals surface area (Å²) in [6, 6.07) is 24.2. The molecule has 4 rings (SSSR count). The average Bonchev–Trinajstić information content (AvgIpc) is 3.08. The van der Waals surface area contributed by atoms with Crippen molar-refractivity contribution in [2.24, 2.45) is 4.99 Å². The van der Waals surface area contributed by atoms with Gasteiger partial charge in [0, 0.05) is 12.6 Å². The summed E-state index contributed by atoms with van der Waals surface area (Å²) >= 11 is 4.47. The number of nitrogens with zero attached hydrogens (tertiary/aromatic N) is 3. The first-order valence-corrected chi connectivity index (χ1v) is 11.5. The summed E-state index contributed by atoms with van der Waals surface area (Å²) in [5.74, 6) is -0.161. The average molecular weight is 508 g/mol. The number of hydrogen-bond donors (Lipinski definition) is 0. The van der Waals surface area contributed by atoms with Gasteiger partial charge in [0.1, 0.15) is 0 Å². The molecule has 0 atom stereocenters. The van der Waals surface area contributed by atoms with E-state index < -0.39 is 4.92 Å². The number of nitro groups is 1. The van der Waals surface area contributed by atoms with E-state index >= 15 is 0 Å². The number of carbonyl (C=O) groups excluding carboxylic acids is 1. The van der Waals surface area contributed by atoms with E-state index in [-0.39, 0.29) is 11.6 Å². The highest BCUT2D eigenvalue weighted by Crippen LogP contribution is 2.35. The molecule has 0 aliphatic carbocycles. The monoisotopic (exact) mass is 507 g/mol. The van der Waals surface area contributed by atoms with E-state index in [2.05, 4.69) is 20.9 Å². The minimum absolute atomic E-state index is 0.0473. The topological polar surface area (TPSA) is 75.8 Å². The van der Waals surface area contributed by atoms with Crippen LogP contribution in [0.2, 0.25) is 0 Å². The number of halogens is 1. The van der Waals surface area contributed by atoms with E-state index in [1.54, 1.807) is 23.1 Å². The molecular weight excluding hydrogens is 490 g/mol. The highest BCUT2D eigenvalue weighted by Gasteiger charge is 2.33. The van der Waals surface area contributed by atoms with Crippen molar-refractivity contribution in [3.8, 4) is 0 Å². The molecule has 0 radical (unpaired) electrons. The van der Waals surface area contributed by atoms with Gasteiger partial charge in [0.05, 0.1) is 20.0 Å². The Kier molecular flexibility index (Phi) is 6.82. The Morgan fingerprint density at radius 1 is 1.03 bits per heavy atom. The lowest BCUT2D eigenvalue weighted by molar-refractivity contribution is -0.385. The maximum Gasteiger partial charge on any atom is 0.284 e. The predicted molar refractivity (Wildman–Crippen MR) is 132 cm³/mol. The lowest BCUT2D eigenvalue weighted by Crippen LogP contribution is -2.31. The van der Waals surface area contributed by atoms with Gasteiger partial charge >= 0.3 is 0 Å². The van der Waals surface area contributed by atoms with E-state index in [9.17, 15) is 14.9 Å². The molecule has 1 aliphatic heterocycles. The van der Waals surface area contributed by atoms with Crippen molar-refractivity contribution in [2.75, 3.05) is 6.54 Å². The summed E-state index contributed by atoms with van der Waals surface area (Å²) in [5, 5.41) is 11.9. The Labute approximate surface area is 198 Å². The highest BCUT2D eigenvalue weighted by molar-refractivity contribution is 9.10. The van der Waals surface area contributed by atoms with Crippen molar-refractivity contribution in [1.29, 1.82) is 0 Å². The van der Waals surface area contributed by atoms with Crippen molar-refractivity contribution in [2.45, 2.75) is 6.42 Å². The summed E-state index contributed by atoms with van der Waals surface area (Å²) in [4.78, 5) is 30.9. The molecule has 1 heterocycles. The van der Waals surface area contributed by atoms with E-state index in [0.29, 0.717) is 33.1 Å². The van der Waals surface area contributed by atoms with Crippen LogP contribution < -0.4 is 0 Å². The predicted octanol–water partition coefficient (Wildman–Crippen LogP) is 6.20. The molecule has 0 saturated carbocycles. The lowest BCUT2D eigenvalue weighted by Gasteiger charge is -2.15. The van der Waals surface area contributed by atoms with Crippen LogP contribution in [0.1, 0.15) is 11.1 Å². The van der Waals surface area contributed by atoms with Crippen molar-refractivity contribution in [1.82, 2.24) is 4.90 Å². The molecule has 0 aromatic heterocycles. The second-order valence-electron chi connectivity index (χ2n) is 7.00. The minimum atomic E-state index is -0.454. The first-order chi connectivity index (χ1) is 15.5. The standard InChI is InChI=1S/C24H18BrN3O3S/c25-20-12-11-18(15-21(20)28(30)31)16-22-23(29)27(14-13-17-7-3-1-4-8-17)24(32-22)26-19-9-5-2-6-10-19/h1-12,15-16H,13-14H2/b22-16+,26-24?. The number of nitro benzene ring substituents is 1. The van der Waals surface area contributed by atoms with Gasteiger partial charge in [0.15, 0.2) is 5.17 Å². The number of carbonyl (C=O) groups is 1. The van der Waals surface area contributed by atoms with Crippen molar-refractivity contribution in [3.63, 3.8) is 0 Å². The molecule has 1 aliphatic rings. The summed E-state index contributed by atoms with van der Waals surface area (Å²) in [6.45, 7) is 0.485. The Morgan fingerprint density at radius 2 is 1.72 bits per heavy atom. The zero-order chi connectivity index (χ0) is 22.5. The largest absolute Gasteiger partial charge is 0.286 e. The first kappa shape index (κ1) is 22.0. The molecule has 3 aromatic carbocycles. The summed E-state index contributed by atoms with van der Waals surface area (Å²) in [6.07, 6.45) is 2.37. The van der Waals surface area contributed by atoms with E-state index in [0.717, 1.165) is 11.3 Å². The molecular formula is C24H18BrN3O3S. The van der Waals surface area contributed by atoms with Gasteiger partial charge < -0.3 is 0 Å². The number of aliphatic imine (C=N–C) groups is 1. The van der Waals surface area contributed by atoms with Gasteiger partial charge in [-0.05, 0) is 69.5 Å². The molecule has 1 fully saturated rings. The van der Waals surface area contributed by atoms with Crippen LogP contribution in [-0.2, 0) is 11.2 Å². The van der Waals surface area contributed by atoms with Crippen LogP contribution in [-0.4, -0.2) is 27.4 Å². The SMILES string of the molecule is O=C1/C(=C\c2ccc(Br)c([N+](=O)[O-])c2)SC(=Nc2ccccc2)N1CCc1ccccc1. The molecule has 1 amide bonds. The van der Waals surface area contributed by atoms with Crippen LogP contribution in [0.3, 0.4) is 0 Å². The quantitative estimate of drug-likeness (QED) is 0.226. The molecule has 0 bridgehead atoms. The number of rotatable bonds is 6. The van der Waals surface area contributed by atoms with Crippen LogP contribution in [0.15, 0.2) is 93.2 Å². The third kappa shape index (κ3) is 5.15. The number of benzene rings is 3. The maximum absolute atomic E-state index is 13.2. The summed E-state index contributed by atoms with van der Waals surface area (Å²) in [5.41, 5.74) is 2.42. The maximum atomic E-state index is 13.2. The summed E-state index contributed by atoms with van der Waals surface area (Å²) in [7, 11) is 0. The van der Waals surface area contributed by atoms with Gasteiger partial charge in [0.25, 0.3) is 11.6 Å². The first-order valence-electron chi connectivity index (χ1n) is 9.84. The number of amidine groups is 1. The highest BCUT2D eigenvalue weighted by atomic mass is 79.9. The van der Waals surface area contributed by atoms with Crippen molar-refractivity contribution < 1.29 is 9.72 Å². The Balaban J connectivity index is 1.65. The van der Waals surface area contributed by atoms with E-state index in [4.69, 9.17) is 0 Å². The number of amides is 1. The molecule has 1 saturated heterocycles. The van der Waals surface area contributed by atoms with Crippen LogP contribution in [0.25, 0.3) is 6.08 Å². The van der Waals surface area contributed by atoms with Crippen molar-refractivity contribution >= 4 is 56.2 Å². The van der Waals surface area contributed by atoms with Gasteiger partial charge in [-0.25, -0.2) is 4.99 Å². The fourth-order valence-corrected chi connectivity index (χ4v) is 4.61. The van der Waals surface area contributed by atoms with E-state index in [1.165, 1.54) is 17.8 Å². The molecule has 0 spiro atoms. The zero-order valence-electron chi connectivity index (χ0n) is 16.8. The number of para-hydroxylation sites is 1. The molecule has 0 unspecified atom stereocenters. The lowest BCUT2D eigenvalue weighted by atomic mass is 10.1. The van der Waals surface area contributed by atoms with Crippen LogP contribution >= 0.6 is 27.7 Å². The normalized spacial score (nSPS) is 16.2. The van der Waals surface area contributed by atoms with Crippen molar-refractivity contribution in [3.05, 3.63) is 109 Å². The Bertz CT molecular complexity index is 1210. The molecule has 32 heavy (non-hydrogen) atoms. The Morgan fingerprint density at radius 3 is 2.41 bits per heavy atom. The second-order valence-corrected chi connectivity index (χ2v) is 8.86. The van der Waals surface area contributed by atoms with Gasteiger partial charge in [-0.2, -0.15) is 0 Å². The molecule has 160 valence electrons. The van der Waals surface area contributed by atoms with Gasteiger partial charge in [-0.1, -0.05) is 54.6 Å². The smallest absolute Gasteiger partial charge is 0.284 e. The fourth-order valence-electron chi connectivity index (χ4n) is 3.20. The van der Waals surface area contributed by atoms with Gasteiger partial charge in [-0.3, -0.25) is 19.8 Å². The molecule has 3 aromatic rings. The second kappa shape index (κ2) is 9.93. The molecule has 0 N–H and O–H groups in total. The number of thioether (sulfide) groups is 1. The fraction of sp³-hybridized carbons (Fsp3) is 0.0833. The molecule has 8 heteroatoms. The molecule has 6 nitrogen and oxygen atoms in total. The van der Waals surface area contributed by atoms with Crippen LogP contribution in [0, 0.1) is 10.1 Å². The third-order valence-corrected chi connectivity index (χ3v) is 6.48. The zero-order valence-corrected chi connectivity index (χ0v) is 19.3. The third-order valence-electron chi connectivity index (χ3n) is 4.80. The Hall–Kier alpha value is -3.23. The minimum Gasteiger partial charge on any atom is -0.286 e. The summed E-state index contributed by atoms with van der Waals surface area (Å²) < 4.78 is 0.394.